The van der Waals surface area contributed by atoms with Crippen LogP contribution in [0.5, 0.6) is 0 Å². The maximum atomic E-state index is 4.57. The number of rotatable bonds is 27. The first-order chi connectivity index (χ1) is 18.6. The van der Waals surface area contributed by atoms with Crippen molar-refractivity contribution >= 4 is 214 Å². The molecule has 0 radical (unpaired) electrons. The van der Waals surface area contributed by atoms with Gasteiger partial charge >= 0.3 is 0 Å². The lowest BCUT2D eigenvalue weighted by Crippen LogP contribution is -2.20. The lowest BCUT2D eigenvalue weighted by molar-refractivity contribution is 0.693. The highest BCUT2D eigenvalue weighted by molar-refractivity contribution is 8.79. The van der Waals surface area contributed by atoms with Crippen LogP contribution in [0.1, 0.15) is 26.2 Å². The highest BCUT2D eigenvalue weighted by Gasteiger charge is 2.34. The Labute approximate surface area is 315 Å². The van der Waals surface area contributed by atoms with Crippen LogP contribution in [0, 0.1) is 0 Å². The molecule has 1 rings (SSSR count). The molecular weight excluding hydrogens is 817 g/mol. The van der Waals surface area contributed by atoms with Crippen molar-refractivity contribution in [2.24, 2.45) is 0 Å². The van der Waals surface area contributed by atoms with E-state index in [1.807, 2.05) is 80.4 Å². The van der Waals surface area contributed by atoms with Gasteiger partial charge in [-0.25, -0.2) is 0 Å². The molecular formula is C20H40S18. The standard InChI is InChI=1S/C20H40S18/c1-2-3-4-20(35-5-6-36-20)7-26-13-37-38-15-34-19(31-12-25)18(30-11-24)33-14-32-17(29-10-23)16(27-8-21)28-9-22/h16-19,21-25H,2-15H2,1H3. The van der Waals surface area contributed by atoms with Crippen molar-refractivity contribution in [2.75, 3.05) is 57.9 Å². The van der Waals surface area contributed by atoms with Crippen molar-refractivity contribution in [3.8, 4) is 0 Å². The largest absolute Gasteiger partial charge is 0.168 e. The Bertz CT molecular complexity index is 518. The molecule has 1 aliphatic heterocycles. The number of thiol groups is 5. The zero-order valence-corrected chi connectivity index (χ0v) is 36.3. The number of hydrogen-bond acceptors (Lipinski definition) is 18. The molecule has 0 aromatic rings. The fourth-order valence-corrected chi connectivity index (χ4v) is 26.8. The van der Waals surface area contributed by atoms with Crippen LogP contribution in [0.15, 0.2) is 0 Å². The van der Waals surface area contributed by atoms with E-state index in [1.165, 1.54) is 41.6 Å². The van der Waals surface area contributed by atoms with Crippen molar-refractivity contribution in [1.82, 2.24) is 0 Å². The summed E-state index contributed by atoms with van der Waals surface area (Å²) >= 11 is 45.1. The molecule has 3 unspecified atom stereocenters. The highest BCUT2D eigenvalue weighted by atomic mass is 33.1. The van der Waals surface area contributed by atoms with Gasteiger partial charge in [0.1, 0.15) is 0 Å². The molecule has 0 amide bonds. The second-order valence-electron chi connectivity index (χ2n) is 7.10. The van der Waals surface area contributed by atoms with Gasteiger partial charge in [0.05, 0.1) is 27.5 Å². The van der Waals surface area contributed by atoms with E-state index in [1.54, 1.807) is 0 Å². The van der Waals surface area contributed by atoms with Gasteiger partial charge in [-0.05, 0) is 6.42 Å². The Morgan fingerprint density at radius 1 is 0.605 bits per heavy atom. The molecule has 18 heteroatoms. The van der Waals surface area contributed by atoms with E-state index >= 15 is 0 Å². The smallest absolute Gasteiger partial charge is 0.0729 e. The van der Waals surface area contributed by atoms with E-state index in [-0.39, 0.29) is 0 Å². The minimum Gasteiger partial charge on any atom is -0.168 e. The average Bonchev–Trinajstić information content (AvgIpc) is 3.38. The number of hydrogen-bond donors (Lipinski definition) is 5. The Kier molecular flexibility index (Phi) is 32.8. The highest BCUT2D eigenvalue weighted by Crippen LogP contribution is 2.50. The molecule has 1 saturated heterocycles. The lowest BCUT2D eigenvalue weighted by Gasteiger charge is -2.27. The van der Waals surface area contributed by atoms with Gasteiger partial charge in [-0.3, -0.25) is 0 Å². The van der Waals surface area contributed by atoms with Gasteiger partial charge in [-0.2, -0.15) is 63.1 Å². The Hall–Kier alpha value is 6.30. The Morgan fingerprint density at radius 3 is 1.47 bits per heavy atom. The zero-order valence-electron chi connectivity index (χ0n) is 21.3. The van der Waals surface area contributed by atoms with Crippen LogP contribution in [0.25, 0.3) is 0 Å². The third kappa shape index (κ3) is 19.8. The molecule has 0 aliphatic carbocycles. The van der Waals surface area contributed by atoms with Gasteiger partial charge in [0.15, 0.2) is 0 Å². The zero-order chi connectivity index (χ0) is 27.9. The molecule has 0 spiro atoms. The van der Waals surface area contributed by atoms with Crippen LogP contribution in [-0.4, -0.2) is 80.3 Å². The van der Waals surface area contributed by atoms with Gasteiger partial charge in [0.2, 0.25) is 0 Å². The maximum absolute atomic E-state index is 4.57. The van der Waals surface area contributed by atoms with Gasteiger partial charge in [-0.15, -0.1) is 129 Å². The van der Waals surface area contributed by atoms with E-state index in [4.69, 9.17) is 0 Å². The molecule has 1 aliphatic rings. The van der Waals surface area contributed by atoms with Crippen molar-refractivity contribution in [2.45, 2.75) is 48.6 Å². The van der Waals surface area contributed by atoms with Crippen molar-refractivity contribution in [3.05, 3.63) is 0 Å². The minimum atomic E-state index is 0.486. The normalized spacial score (nSPS) is 17.8. The first kappa shape index (κ1) is 42.3. The van der Waals surface area contributed by atoms with Gasteiger partial charge < -0.3 is 0 Å². The van der Waals surface area contributed by atoms with Crippen LogP contribution in [-0.2, 0) is 0 Å². The van der Waals surface area contributed by atoms with Gasteiger partial charge in [0.25, 0.3) is 0 Å². The molecule has 0 aromatic carbocycles. The monoisotopic (exact) mass is 856 g/mol. The first-order valence-corrected chi connectivity index (χ1v) is 28.8. The number of unbranched alkanes of at least 4 members (excludes halogenated alkanes) is 1. The molecule has 38 heavy (non-hydrogen) atoms. The molecule has 1 fully saturated rings. The summed E-state index contributed by atoms with van der Waals surface area (Å²) in [7, 11) is 4.06. The third-order valence-corrected chi connectivity index (χ3v) is 27.1. The van der Waals surface area contributed by atoms with Crippen LogP contribution in [0.3, 0.4) is 0 Å². The quantitative estimate of drug-likeness (QED) is 0.0231. The number of thioether (sulfide) groups is 11. The summed E-state index contributed by atoms with van der Waals surface area (Å²) in [5.41, 5.74) is 0. The first-order valence-electron chi connectivity index (χ1n) is 11.7. The van der Waals surface area contributed by atoms with Gasteiger partial charge in [0, 0.05) is 52.9 Å². The maximum Gasteiger partial charge on any atom is 0.0729 e. The molecule has 3 atom stereocenters. The molecule has 228 valence electrons. The Morgan fingerprint density at radius 2 is 1.03 bits per heavy atom. The second-order valence-corrected chi connectivity index (χ2v) is 28.8. The van der Waals surface area contributed by atoms with Crippen LogP contribution in [0.2, 0.25) is 0 Å². The lowest BCUT2D eigenvalue weighted by atomic mass is 10.2. The summed E-state index contributed by atoms with van der Waals surface area (Å²) in [6, 6.07) is 0. The van der Waals surface area contributed by atoms with Gasteiger partial charge in [-0.1, -0.05) is 41.4 Å². The summed E-state index contributed by atoms with van der Waals surface area (Å²) in [4.78, 5) is 0. The van der Waals surface area contributed by atoms with Crippen molar-refractivity contribution < 1.29 is 0 Å². The van der Waals surface area contributed by atoms with E-state index in [2.05, 4.69) is 141 Å². The van der Waals surface area contributed by atoms with E-state index in [0.29, 0.717) is 22.4 Å². The second kappa shape index (κ2) is 29.4. The summed E-state index contributed by atoms with van der Waals surface area (Å²) in [5, 5.41) is 7.60. The van der Waals surface area contributed by atoms with E-state index in [0.717, 1.165) is 35.6 Å². The molecule has 1 heterocycles. The molecule has 0 bridgehead atoms. The van der Waals surface area contributed by atoms with E-state index < -0.39 is 0 Å². The SMILES string of the molecule is CCCCC1(CSCSSCSC(SCS)C(SCS)SCSC(SCS)C(SCS)SCS)SCCS1. The Balaban J connectivity index is 2.44. The van der Waals surface area contributed by atoms with Crippen LogP contribution < -0.4 is 0 Å². The molecule has 0 nitrogen and oxygen atoms in total. The predicted octanol–water partition coefficient (Wildman–Crippen LogP) is 11.9. The van der Waals surface area contributed by atoms with E-state index in [9.17, 15) is 0 Å². The third-order valence-electron chi connectivity index (χ3n) is 4.65. The fourth-order valence-electron chi connectivity index (χ4n) is 3.00. The predicted molar refractivity (Wildman–Crippen MR) is 235 cm³/mol. The molecule has 0 N–H and O–H groups in total. The van der Waals surface area contributed by atoms with Crippen LogP contribution >= 0.6 is 214 Å². The topological polar surface area (TPSA) is 0 Å². The summed E-state index contributed by atoms with van der Waals surface area (Å²) in [6.45, 7) is 2.31. The summed E-state index contributed by atoms with van der Waals surface area (Å²) < 4.78 is 2.49. The van der Waals surface area contributed by atoms with Crippen molar-refractivity contribution in [1.29, 1.82) is 0 Å². The summed E-state index contributed by atoms with van der Waals surface area (Å²) in [6.07, 6.45) is 4.05. The fraction of sp³-hybridized carbons (Fsp3) is 1.00. The minimum absolute atomic E-state index is 0.486. The molecule has 0 saturated carbocycles. The summed E-state index contributed by atoms with van der Waals surface area (Å²) in [5.74, 6) is 3.96. The molecule has 0 aromatic heterocycles. The average molecular weight is 858 g/mol. The van der Waals surface area contributed by atoms with Crippen molar-refractivity contribution in [3.63, 3.8) is 0 Å². The van der Waals surface area contributed by atoms with Crippen LogP contribution in [0.4, 0.5) is 0 Å².